The van der Waals surface area contributed by atoms with Gasteiger partial charge in [-0.05, 0) is 43.7 Å². The third-order valence-corrected chi connectivity index (χ3v) is 5.71. The van der Waals surface area contributed by atoms with Crippen molar-refractivity contribution in [3.63, 3.8) is 0 Å². The van der Waals surface area contributed by atoms with Gasteiger partial charge in [0, 0.05) is 25.4 Å². The number of fused-ring (bicyclic) bond motifs is 1. The first kappa shape index (κ1) is 19.2. The number of benzene rings is 2. The van der Waals surface area contributed by atoms with Gasteiger partial charge < -0.3 is 14.2 Å². The number of hydrogen-bond acceptors (Lipinski definition) is 4. The minimum Gasteiger partial charge on any atom is -0.497 e. The minimum atomic E-state index is -0.317. The number of rotatable bonds is 6. The topological polar surface area (TPSA) is 64.4 Å². The van der Waals surface area contributed by atoms with Gasteiger partial charge in [0.05, 0.1) is 24.2 Å². The second kappa shape index (κ2) is 7.70. The zero-order valence-corrected chi connectivity index (χ0v) is 17.0. The molecule has 1 saturated heterocycles. The lowest BCUT2D eigenvalue weighted by molar-refractivity contribution is -0.128. The van der Waals surface area contributed by atoms with Crippen molar-refractivity contribution in [1.29, 1.82) is 0 Å². The number of hydrogen-bond donors (Lipinski definition) is 0. The van der Waals surface area contributed by atoms with Crippen LogP contribution in [0.5, 0.6) is 5.75 Å². The smallest absolute Gasteiger partial charge is 0.223 e. The lowest BCUT2D eigenvalue weighted by atomic mass is 10.1. The summed E-state index contributed by atoms with van der Waals surface area (Å²) in [7, 11) is 1.64. The number of aromatic nitrogens is 2. The molecule has 0 bridgehead atoms. The Morgan fingerprint density at radius 2 is 1.93 bits per heavy atom. The van der Waals surface area contributed by atoms with Crippen molar-refractivity contribution in [2.75, 3.05) is 13.7 Å². The molecular weight excluding hydrogens is 366 g/mol. The van der Waals surface area contributed by atoms with Crippen LogP contribution in [0.2, 0.25) is 0 Å². The van der Waals surface area contributed by atoms with Gasteiger partial charge in [-0.2, -0.15) is 0 Å². The molecule has 0 N–H and O–H groups in total. The van der Waals surface area contributed by atoms with Crippen molar-refractivity contribution in [3.8, 4) is 5.75 Å². The zero-order chi connectivity index (χ0) is 20.5. The normalized spacial score (nSPS) is 17.7. The highest BCUT2D eigenvalue weighted by Crippen LogP contribution is 2.33. The predicted molar refractivity (Wildman–Crippen MR) is 111 cm³/mol. The maximum Gasteiger partial charge on any atom is 0.223 e. The van der Waals surface area contributed by atoms with Crippen LogP contribution in [-0.4, -0.2) is 39.8 Å². The summed E-state index contributed by atoms with van der Waals surface area (Å²) in [5.41, 5.74) is 2.85. The Bertz CT molecular complexity index is 1050. The van der Waals surface area contributed by atoms with Crippen LogP contribution in [0.4, 0.5) is 0 Å². The Morgan fingerprint density at radius 1 is 1.21 bits per heavy atom. The molecule has 0 spiro atoms. The molecule has 4 rings (SSSR count). The van der Waals surface area contributed by atoms with Gasteiger partial charge in [-0.25, -0.2) is 4.98 Å². The van der Waals surface area contributed by atoms with Crippen LogP contribution in [0.25, 0.3) is 11.0 Å². The van der Waals surface area contributed by atoms with Gasteiger partial charge in [-0.15, -0.1) is 0 Å². The number of ketones is 1. The lowest BCUT2D eigenvalue weighted by Gasteiger charge is -2.19. The van der Waals surface area contributed by atoms with Crippen LogP contribution in [0.3, 0.4) is 0 Å². The molecule has 2 aromatic carbocycles. The molecule has 0 aliphatic carbocycles. The van der Waals surface area contributed by atoms with E-state index in [0.29, 0.717) is 19.5 Å². The van der Waals surface area contributed by atoms with E-state index in [2.05, 4.69) is 0 Å². The zero-order valence-electron chi connectivity index (χ0n) is 17.0. The third-order valence-electron chi connectivity index (χ3n) is 5.71. The molecule has 1 fully saturated rings. The molecule has 0 saturated carbocycles. The number of likely N-dealkylation sites (tertiary alicyclic amines) is 1. The number of amides is 1. The Kier molecular flexibility index (Phi) is 5.09. The predicted octanol–water partition coefficient (Wildman–Crippen LogP) is 3.71. The minimum absolute atomic E-state index is 0.0325. The van der Waals surface area contributed by atoms with E-state index in [4.69, 9.17) is 9.72 Å². The van der Waals surface area contributed by atoms with Crippen molar-refractivity contribution >= 4 is 22.7 Å². The molecular formula is C23H25N3O3. The maximum atomic E-state index is 12.7. The van der Waals surface area contributed by atoms with Crippen LogP contribution >= 0.6 is 0 Å². The molecule has 1 amide bonds. The van der Waals surface area contributed by atoms with Crippen LogP contribution in [0.1, 0.15) is 43.6 Å². The fraction of sp³-hybridized carbons (Fsp3) is 0.348. The highest BCUT2D eigenvalue weighted by atomic mass is 16.5. The Morgan fingerprint density at radius 3 is 2.62 bits per heavy atom. The average molecular weight is 391 g/mol. The van der Waals surface area contributed by atoms with Crippen molar-refractivity contribution < 1.29 is 14.3 Å². The number of Topliss-reactive ketones (excluding diaryl/α,β-unsaturated/α-hetero) is 1. The number of nitrogens with zero attached hydrogens (tertiary/aromatic N) is 3. The number of methoxy groups -OCH3 is 1. The summed E-state index contributed by atoms with van der Waals surface area (Å²) >= 11 is 0. The van der Waals surface area contributed by atoms with Gasteiger partial charge in [-0.1, -0.05) is 24.3 Å². The van der Waals surface area contributed by atoms with Gasteiger partial charge in [0.15, 0.2) is 5.78 Å². The van der Waals surface area contributed by atoms with Crippen molar-refractivity contribution in [1.82, 2.24) is 14.5 Å². The SMILES string of the molecule is COc1ccc(CN2CC(c3nc4ccccc4n3C(C)C(C)=O)CC2=O)cc1. The van der Waals surface area contributed by atoms with Gasteiger partial charge in [0.1, 0.15) is 11.6 Å². The molecule has 2 heterocycles. The Hall–Kier alpha value is -3.15. The number of carbonyl (C=O) groups is 2. The summed E-state index contributed by atoms with van der Waals surface area (Å²) in [4.78, 5) is 31.5. The van der Waals surface area contributed by atoms with Gasteiger partial charge in [0.25, 0.3) is 0 Å². The van der Waals surface area contributed by atoms with Gasteiger partial charge in [0.2, 0.25) is 5.91 Å². The first-order chi connectivity index (χ1) is 14.0. The molecule has 2 atom stereocenters. The summed E-state index contributed by atoms with van der Waals surface area (Å²) in [5, 5.41) is 0. The van der Waals surface area contributed by atoms with E-state index >= 15 is 0 Å². The Labute approximate surface area is 170 Å². The number of ether oxygens (including phenoxy) is 1. The highest BCUT2D eigenvalue weighted by molar-refractivity contribution is 5.85. The highest BCUT2D eigenvalue weighted by Gasteiger charge is 2.35. The molecule has 6 heteroatoms. The molecule has 0 radical (unpaired) electrons. The number of carbonyl (C=O) groups excluding carboxylic acids is 2. The number of imidazole rings is 1. The summed E-state index contributed by atoms with van der Waals surface area (Å²) in [5.74, 6) is 1.77. The molecule has 1 aliphatic heterocycles. The van der Waals surface area contributed by atoms with Gasteiger partial charge in [-0.3, -0.25) is 9.59 Å². The van der Waals surface area contributed by atoms with Crippen molar-refractivity contribution in [3.05, 3.63) is 59.9 Å². The number of para-hydroxylation sites is 2. The van der Waals surface area contributed by atoms with Gasteiger partial charge >= 0.3 is 0 Å². The summed E-state index contributed by atoms with van der Waals surface area (Å²) < 4.78 is 7.21. The molecule has 3 aromatic rings. The summed E-state index contributed by atoms with van der Waals surface area (Å²) in [6.07, 6.45) is 0.407. The standard InChI is InChI=1S/C23H25N3O3/c1-15(16(2)27)26-21-7-5-4-6-20(21)24-23(26)18-12-22(28)25(14-18)13-17-8-10-19(29-3)11-9-17/h4-11,15,18H,12-14H2,1-3H3. The molecule has 6 nitrogen and oxygen atoms in total. The third kappa shape index (κ3) is 3.62. The molecule has 150 valence electrons. The van der Waals surface area contributed by atoms with E-state index in [0.717, 1.165) is 28.2 Å². The fourth-order valence-electron chi connectivity index (χ4n) is 3.99. The first-order valence-electron chi connectivity index (χ1n) is 9.86. The lowest BCUT2D eigenvalue weighted by Crippen LogP contribution is -2.25. The first-order valence-corrected chi connectivity index (χ1v) is 9.86. The van der Waals surface area contributed by atoms with Crippen molar-refractivity contribution in [2.24, 2.45) is 0 Å². The summed E-state index contributed by atoms with van der Waals surface area (Å²) in [6, 6.07) is 15.3. The van der Waals surface area contributed by atoms with Crippen LogP contribution in [-0.2, 0) is 16.1 Å². The van der Waals surface area contributed by atoms with E-state index in [-0.39, 0.29) is 23.7 Å². The van der Waals surface area contributed by atoms with E-state index in [1.807, 2.05) is 64.9 Å². The molecule has 29 heavy (non-hydrogen) atoms. The largest absolute Gasteiger partial charge is 0.497 e. The molecule has 1 aromatic heterocycles. The quantitative estimate of drug-likeness (QED) is 0.643. The van der Waals surface area contributed by atoms with Crippen LogP contribution in [0.15, 0.2) is 48.5 Å². The second-order valence-corrected chi connectivity index (χ2v) is 7.64. The molecule has 2 unspecified atom stereocenters. The van der Waals surface area contributed by atoms with Crippen LogP contribution in [0, 0.1) is 0 Å². The summed E-state index contributed by atoms with van der Waals surface area (Å²) in [6.45, 7) is 4.64. The average Bonchev–Trinajstić information content (AvgIpc) is 3.28. The monoisotopic (exact) mass is 391 g/mol. The van der Waals surface area contributed by atoms with E-state index < -0.39 is 0 Å². The fourth-order valence-corrected chi connectivity index (χ4v) is 3.99. The molecule has 1 aliphatic rings. The Balaban J connectivity index is 1.62. The van der Waals surface area contributed by atoms with E-state index in [1.54, 1.807) is 14.0 Å². The van der Waals surface area contributed by atoms with Crippen molar-refractivity contribution in [2.45, 2.75) is 38.8 Å². The second-order valence-electron chi connectivity index (χ2n) is 7.64. The van der Waals surface area contributed by atoms with Crippen LogP contribution < -0.4 is 4.74 Å². The van der Waals surface area contributed by atoms with E-state index in [1.165, 1.54) is 0 Å². The maximum absolute atomic E-state index is 12.7. The van der Waals surface area contributed by atoms with E-state index in [9.17, 15) is 9.59 Å².